The second-order valence-electron chi connectivity index (χ2n) is 5.96. The summed E-state index contributed by atoms with van der Waals surface area (Å²) in [4.78, 5) is 14.1. The largest absolute Gasteiger partial charge is 0.503 e. The van der Waals surface area contributed by atoms with Crippen molar-refractivity contribution in [1.29, 1.82) is 0 Å². The van der Waals surface area contributed by atoms with Gasteiger partial charge in [-0.1, -0.05) is 12.2 Å². The highest BCUT2D eigenvalue weighted by Gasteiger charge is 2.21. The molecule has 5 heteroatoms. The molecule has 1 aliphatic rings. The Morgan fingerprint density at radius 1 is 1.43 bits per heavy atom. The zero-order valence-electron chi connectivity index (χ0n) is 13.8. The fraction of sp³-hybridized carbons (Fsp3) is 0.500. The molecule has 0 aliphatic carbocycles. The van der Waals surface area contributed by atoms with E-state index in [0.29, 0.717) is 31.9 Å². The average Bonchev–Trinajstić information content (AvgIpc) is 3.02. The molecule has 1 fully saturated rings. The summed E-state index contributed by atoms with van der Waals surface area (Å²) < 4.78 is 7.72. The molecule has 0 spiro atoms. The maximum absolute atomic E-state index is 12.0. The first-order chi connectivity index (χ1) is 11.1. The third kappa shape index (κ3) is 4.33. The summed E-state index contributed by atoms with van der Waals surface area (Å²) in [5, 5.41) is 10.3. The summed E-state index contributed by atoms with van der Waals surface area (Å²) >= 11 is 0. The number of hydrogen-bond acceptors (Lipinski definition) is 4. The minimum Gasteiger partial charge on any atom is -0.503 e. The highest BCUT2D eigenvalue weighted by molar-refractivity contribution is 5.30. The predicted octanol–water partition coefficient (Wildman–Crippen LogP) is 2.22. The number of aromatic hydroxyl groups is 1. The van der Waals surface area contributed by atoms with E-state index in [4.69, 9.17) is 4.74 Å². The van der Waals surface area contributed by atoms with Crippen LogP contribution >= 0.6 is 0 Å². The first kappa shape index (κ1) is 17.5. The summed E-state index contributed by atoms with van der Waals surface area (Å²) in [5.74, 6) is -0.174. The van der Waals surface area contributed by atoms with Gasteiger partial charge in [-0.05, 0) is 19.8 Å². The molecule has 1 aromatic heterocycles. The van der Waals surface area contributed by atoms with E-state index in [1.54, 1.807) is 12.2 Å². The maximum Gasteiger partial charge on any atom is 0.223 e. The average molecular weight is 318 g/mol. The Bertz CT molecular complexity index is 605. The van der Waals surface area contributed by atoms with Crippen LogP contribution in [-0.4, -0.2) is 40.4 Å². The van der Waals surface area contributed by atoms with Crippen LogP contribution in [0.2, 0.25) is 0 Å². The van der Waals surface area contributed by atoms with Crippen LogP contribution in [-0.2, 0) is 17.8 Å². The van der Waals surface area contributed by atoms with Crippen LogP contribution in [0, 0.1) is 6.92 Å². The standard InChI is InChI=1S/C18H26N2O3/c1-4-8-19(9-5-2)13-16-18(22)17(21)11-14(3)20(16)12-15-7-6-10-23-15/h4-5,11,15,22H,1-2,6-10,12-13H2,3H3. The van der Waals surface area contributed by atoms with Crippen molar-refractivity contribution in [3.05, 3.63) is 53.0 Å². The normalized spacial score (nSPS) is 17.6. The minimum absolute atomic E-state index is 0.140. The quantitative estimate of drug-likeness (QED) is 0.747. The summed E-state index contributed by atoms with van der Waals surface area (Å²) in [6.07, 6.45) is 5.82. The monoisotopic (exact) mass is 318 g/mol. The van der Waals surface area contributed by atoms with Gasteiger partial charge in [0.2, 0.25) is 5.43 Å². The van der Waals surface area contributed by atoms with Crippen molar-refractivity contribution in [2.75, 3.05) is 19.7 Å². The Labute approximate surface area is 137 Å². The first-order valence-corrected chi connectivity index (χ1v) is 8.04. The maximum atomic E-state index is 12.0. The molecule has 0 saturated carbocycles. The molecule has 126 valence electrons. The van der Waals surface area contributed by atoms with E-state index in [-0.39, 0.29) is 17.3 Å². The van der Waals surface area contributed by atoms with Crippen molar-refractivity contribution in [2.45, 2.75) is 39.0 Å². The number of aromatic nitrogens is 1. The van der Waals surface area contributed by atoms with Gasteiger partial charge in [0.05, 0.1) is 11.8 Å². The van der Waals surface area contributed by atoms with Gasteiger partial charge >= 0.3 is 0 Å². The van der Waals surface area contributed by atoms with E-state index in [2.05, 4.69) is 18.1 Å². The molecule has 1 atom stereocenters. The van der Waals surface area contributed by atoms with Gasteiger partial charge in [0, 0.05) is 44.5 Å². The number of nitrogens with zero attached hydrogens (tertiary/aromatic N) is 2. The number of pyridine rings is 1. The zero-order valence-corrected chi connectivity index (χ0v) is 13.8. The van der Waals surface area contributed by atoms with Crippen molar-refractivity contribution in [3.8, 4) is 5.75 Å². The number of rotatable bonds is 8. The lowest BCUT2D eigenvalue weighted by atomic mass is 10.2. The fourth-order valence-corrected chi connectivity index (χ4v) is 3.01. The highest BCUT2D eigenvalue weighted by Crippen LogP contribution is 2.21. The van der Waals surface area contributed by atoms with Crippen LogP contribution in [0.25, 0.3) is 0 Å². The summed E-state index contributed by atoms with van der Waals surface area (Å²) in [7, 11) is 0. The SMILES string of the molecule is C=CCN(CC=C)Cc1c(O)c(=O)cc(C)n1CC1CCCO1. The van der Waals surface area contributed by atoms with Crippen LogP contribution in [0.15, 0.2) is 36.2 Å². The molecule has 2 heterocycles. The molecule has 2 rings (SSSR count). The van der Waals surface area contributed by atoms with Gasteiger partial charge in [0.15, 0.2) is 5.75 Å². The fourth-order valence-electron chi connectivity index (χ4n) is 3.01. The van der Waals surface area contributed by atoms with Gasteiger partial charge in [0.25, 0.3) is 0 Å². The molecule has 0 bridgehead atoms. The van der Waals surface area contributed by atoms with Crippen molar-refractivity contribution < 1.29 is 9.84 Å². The molecule has 1 aromatic rings. The highest BCUT2D eigenvalue weighted by atomic mass is 16.5. The molecule has 1 aliphatic heterocycles. The smallest absolute Gasteiger partial charge is 0.223 e. The molecular formula is C18H26N2O3. The van der Waals surface area contributed by atoms with Crippen LogP contribution in [0.1, 0.15) is 24.2 Å². The molecule has 1 unspecified atom stereocenters. The molecule has 23 heavy (non-hydrogen) atoms. The van der Waals surface area contributed by atoms with Gasteiger partial charge in [-0.3, -0.25) is 9.69 Å². The molecule has 1 N–H and O–H groups in total. The van der Waals surface area contributed by atoms with Crippen LogP contribution in [0.5, 0.6) is 5.75 Å². The van der Waals surface area contributed by atoms with E-state index in [1.165, 1.54) is 6.07 Å². The third-order valence-electron chi connectivity index (χ3n) is 4.16. The Hall–Kier alpha value is -1.85. The Morgan fingerprint density at radius 3 is 2.70 bits per heavy atom. The summed E-state index contributed by atoms with van der Waals surface area (Å²) in [6, 6.07) is 1.49. The van der Waals surface area contributed by atoms with Crippen molar-refractivity contribution in [2.24, 2.45) is 0 Å². The lowest BCUT2D eigenvalue weighted by Gasteiger charge is -2.25. The topological polar surface area (TPSA) is 54.7 Å². The summed E-state index contributed by atoms with van der Waals surface area (Å²) in [6.45, 7) is 12.6. The van der Waals surface area contributed by atoms with Crippen LogP contribution < -0.4 is 5.43 Å². The van der Waals surface area contributed by atoms with Crippen LogP contribution in [0.3, 0.4) is 0 Å². The lowest BCUT2D eigenvalue weighted by Crippen LogP contribution is -2.29. The van der Waals surface area contributed by atoms with Gasteiger partial charge < -0.3 is 14.4 Å². The van der Waals surface area contributed by atoms with E-state index in [0.717, 1.165) is 25.1 Å². The van der Waals surface area contributed by atoms with E-state index in [9.17, 15) is 9.90 Å². The Balaban J connectivity index is 2.35. The third-order valence-corrected chi connectivity index (χ3v) is 4.16. The van der Waals surface area contributed by atoms with Crippen molar-refractivity contribution >= 4 is 0 Å². The zero-order chi connectivity index (χ0) is 16.8. The van der Waals surface area contributed by atoms with Gasteiger partial charge in [-0.15, -0.1) is 13.2 Å². The van der Waals surface area contributed by atoms with Crippen molar-refractivity contribution in [1.82, 2.24) is 9.47 Å². The minimum atomic E-state index is -0.335. The molecule has 0 aromatic carbocycles. The van der Waals surface area contributed by atoms with E-state index < -0.39 is 0 Å². The Morgan fingerprint density at radius 2 is 2.13 bits per heavy atom. The molecule has 5 nitrogen and oxygen atoms in total. The van der Waals surface area contributed by atoms with E-state index >= 15 is 0 Å². The number of ether oxygens (including phenoxy) is 1. The number of hydrogen-bond donors (Lipinski definition) is 1. The van der Waals surface area contributed by atoms with Gasteiger partial charge in [-0.2, -0.15) is 0 Å². The predicted molar refractivity (Wildman–Crippen MR) is 91.7 cm³/mol. The molecule has 0 radical (unpaired) electrons. The van der Waals surface area contributed by atoms with Crippen LogP contribution in [0.4, 0.5) is 0 Å². The second kappa shape index (κ2) is 8.13. The second-order valence-corrected chi connectivity index (χ2v) is 5.96. The Kier molecular flexibility index (Phi) is 6.19. The summed E-state index contributed by atoms with van der Waals surface area (Å²) in [5.41, 5.74) is 1.14. The van der Waals surface area contributed by atoms with Gasteiger partial charge in [-0.25, -0.2) is 0 Å². The first-order valence-electron chi connectivity index (χ1n) is 8.04. The van der Waals surface area contributed by atoms with Gasteiger partial charge in [0.1, 0.15) is 0 Å². The van der Waals surface area contributed by atoms with Crippen molar-refractivity contribution in [3.63, 3.8) is 0 Å². The molecule has 0 amide bonds. The molecular weight excluding hydrogens is 292 g/mol. The molecule has 1 saturated heterocycles. The number of aryl methyl sites for hydroxylation is 1. The lowest BCUT2D eigenvalue weighted by molar-refractivity contribution is 0.0947. The van der Waals surface area contributed by atoms with E-state index in [1.807, 2.05) is 11.5 Å².